The van der Waals surface area contributed by atoms with Gasteiger partial charge in [-0.05, 0) is 30.5 Å². The van der Waals surface area contributed by atoms with Crippen molar-refractivity contribution < 1.29 is 4.74 Å². The first-order valence-corrected chi connectivity index (χ1v) is 6.00. The molecule has 1 N–H and O–H groups in total. The van der Waals surface area contributed by atoms with E-state index in [1.807, 2.05) is 12.1 Å². The maximum absolute atomic E-state index is 5.21. The normalized spacial score (nSPS) is 17.3. The number of hydrazine groups is 1. The minimum Gasteiger partial charge on any atom is -0.497 e. The third kappa shape index (κ3) is 3.22. The molecule has 0 atom stereocenters. The van der Waals surface area contributed by atoms with Crippen LogP contribution in [0.1, 0.15) is 24.8 Å². The van der Waals surface area contributed by atoms with Gasteiger partial charge in [-0.25, -0.2) is 5.01 Å². The molecule has 0 aliphatic carbocycles. The lowest BCUT2D eigenvalue weighted by molar-refractivity contribution is 0.151. The number of methoxy groups -OCH3 is 1. The molecular formula is C13H20N2O. The maximum atomic E-state index is 5.21. The lowest BCUT2D eigenvalue weighted by Gasteiger charge is -2.27. The molecule has 0 bridgehead atoms. The van der Waals surface area contributed by atoms with Crippen molar-refractivity contribution in [2.75, 3.05) is 20.2 Å². The molecule has 1 aliphatic rings. The summed E-state index contributed by atoms with van der Waals surface area (Å²) in [4.78, 5) is 0. The average molecular weight is 220 g/mol. The first-order chi connectivity index (χ1) is 7.88. The number of benzene rings is 1. The van der Waals surface area contributed by atoms with Crippen molar-refractivity contribution in [3.05, 3.63) is 29.8 Å². The van der Waals surface area contributed by atoms with Crippen LogP contribution in [0.4, 0.5) is 0 Å². The Morgan fingerprint density at radius 1 is 1.25 bits per heavy atom. The van der Waals surface area contributed by atoms with Crippen LogP contribution >= 0.6 is 0 Å². The monoisotopic (exact) mass is 220 g/mol. The average Bonchev–Trinajstić information content (AvgIpc) is 2.38. The highest BCUT2D eigenvalue weighted by molar-refractivity contribution is 5.28. The van der Waals surface area contributed by atoms with Gasteiger partial charge >= 0.3 is 0 Å². The maximum Gasteiger partial charge on any atom is 0.119 e. The van der Waals surface area contributed by atoms with Crippen LogP contribution < -0.4 is 10.2 Å². The van der Waals surface area contributed by atoms with Gasteiger partial charge in [0.15, 0.2) is 0 Å². The molecule has 0 aromatic heterocycles. The lowest BCUT2D eigenvalue weighted by Crippen LogP contribution is -2.41. The highest BCUT2D eigenvalue weighted by Gasteiger charge is 2.08. The summed E-state index contributed by atoms with van der Waals surface area (Å²) >= 11 is 0. The molecule has 3 nitrogen and oxygen atoms in total. The fraction of sp³-hybridized carbons (Fsp3) is 0.538. The van der Waals surface area contributed by atoms with Gasteiger partial charge < -0.3 is 4.74 Å². The number of hydrogen-bond acceptors (Lipinski definition) is 3. The summed E-state index contributed by atoms with van der Waals surface area (Å²) in [6, 6.07) is 8.22. The summed E-state index contributed by atoms with van der Waals surface area (Å²) in [5.41, 5.74) is 4.74. The van der Waals surface area contributed by atoms with Gasteiger partial charge in [-0.15, -0.1) is 0 Å². The van der Waals surface area contributed by atoms with Crippen molar-refractivity contribution in [1.29, 1.82) is 0 Å². The molecule has 1 aromatic carbocycles. The lowest BCUT2D eigenvalue weighted by atomic mass is 10.2. The Labute approximate surface area is 97.4 Å². The Hall–Kier alpha value is -1.06. The Balaban J connectivity index is 1.83. The topological polar surface area (TPSA) is 24.5 Å². The van der Waals surface area contributed by atoms with Gasteiger partial charge in [0.05, 0.1) is 7.11 Å². The van der Waals surface area contributed by atoms with E-state index in [2.05, 4.69) is 22.6 Å². The molecule has 2 rings (SSSR count). The van der Waals surface area contributed by atoms with Gasteiger partial charge in [-0.1, -0.05) is 18.6 Å². The Morgan fingerprint density at radius 3 is 2.81 bits per heavy atom. The fourth-order valence-corrected chi connectivity index (χ4v) is 2.04. The summed E-state index contributed by atoms with van der Waals surface area (Å²) < 4.78 is 5.21. The number of hydrogen-bond donors (Lipinski definition) is 1. The van der Waals surface area contributed by atoms with Crippen LogP contribution in [0.3, 0.4) is 0 Å². The number of ether oxygens (including phenoxy) is 1. The molecule has 1 aromatic rings. The predicted octanol–water partition coefficient (Wildman–Crippen LogP) is 2.19. The van der Waals surface area contributed by atoms with Crippen LogP contribution in [0.2, 0.25) is 0 Å². The standard InChI is InChI=1S/C13H20N2O/c1-16-13-7-5-6-12(10-13)11-14-15-8-3-2-4-9-15/h5-7,10,14H,2-4,8-9,11H2,1H3. The van der Waals surface area contributed by atoms with Gasteiger partial charge in [0, 0.05) is 19.6 Å². The van der Waals surface area contributed by atoms with Gasteiger partial charge in [0.25, 0.3) is 0 Å². The van der Waals surface area contributed by atoms with Crippen molar-refractivity contribution in [3.8, 4) is 5.75 Å². The summed E-state index contributed by atoms with van der Waals surface area (Å²) in [5, 5.41) is 2.32. The van der Waals surface area contributed by atoms with E-state index in [1.165, 1.54) is 37.9 Å². The first kappa shape index (κ1) is 11.4. The second-order valence-corrected chi connectivity index (χ2v) is 4.23. The third-order valence-corrected chi connectivity index (χ3v) is 3.00. The largest absolute Gasteiger partial charge is 0.497 e. The Morgan fingerprint density at radius 2 is 2.06 bits per heavy atom. The molecule has 1 saturated heterocycles. The minimum atomic E-state index is 0.886. The first-order valence-electron chi connectivity index (χ1n) is 6.00. The fourth-order valence-electron chi connectivity index (χ4n) is 2.04. The van der Waals surface area contributed by atoms with Gasteiger partial charge in [-0.3, -0.25) is 5.43 Å². The quantitative estimate of drug-likeness (QED) is 0.841. The molecule has 0 amide bonds. The Bertz CT molecular complexity index is 321. The van der Waals surface area contributed by atoms with Gasteiger partial charge in [0.2, 0.25) is 0 Å². The van der Waals surface area contributed by atoms with Crippen molar-refractivity contribution in [2.24, 2.45) is 0 Å². The molecule has 0 saturated carbocycles. The van der Waals surface area contributed by atoms with Gasteiger partial charge in [0.1, 0.15) is 5.75 Å². The highest BCUT2D eigenvalue weighted by atomic mass is 16.5. The van der Waals surface area contributed by atoms with E-state index in [9.17, 15) is 0 Å². The number of nitrogens with zero attached hydrogens (tertiary/aromatic N) is 1. The van der Waals surface area contributed by atoms with Crippen LogP contribution in [0, 0.1) is 0 Å². The predicted molar refractivity (Wildman–Crippen MR) is 65.3 cm³/mol. The highest BCUT2D eigenvalue weighted by Crippen LogP contribution is 2.13. The van der Waals surface area contributed by atoms with E-state index < -0.39 is 0 Å². The van der Waals surface area contributed by atoms with Crippen molar-refractivity contribution in [2.45, 2.75) is 25.8 Å². The van der Waals surface area contributed by atoms with Crippen LogP contribution in [0.15, 0.2) is 24.3 Å². The smallest absolute Gasteiger partial charge is 0.119 e. The van der Waals surface area contributed by atoms with E-state index in [4.69, 9.17) is 4.74 Å². The second-order valence-electron chi connectivity index (χ2n) is 4.23. The summed E-state index contributed by atoms with van der Waals surface area (Å²) in [6.45, 7) is 3.23. The molecule has 0 unspecified atom stereocenters. The van der Waals surface area contributed by atoms with Gasteiger partial charge in [-0.2, -0.15) is 0 Å². The van der Waals surface area contributed by atoms with E-state index in [0.717, 1.165) is 12.3 Å². The molecule has 3 heteroatoms. The zero-order valence-corrected chi connectivity index (χ0v) is 9.91. The van der Waals surface area contributed by atoms with Crippen LogP contribution in [0.25, 0.3) is 0 Å². The van der Waals surface area contributed by atoms with Crippen LogP contribution in [-0.4, -0.2) is 25.2 Å². The molecule has 0 radical (unpaired) electrons. The molecule has 16 heavy (non-hydrogen) atoms. The van der Waals surface area contributed by atoms with Crippen molar-refractivity contribution >= 4 is 0 Å². The third-order valence-electron chi connectivity index (χ3n) is 3.00. The van der Waals surface area contributed by atoms with E-state index >= 15 is 0 Å². The van der Waals surface area contributed by atoms with Crippen molar-refractivity contribution in [1.82, 2.24) is 10.4 Å². The van der Waals surface area contributed by atoms with E-state index in [-0.39, 0.29) is 0 Å². The number of piperidine rings is 1. The van der Waals surface area contributed by atoms with E-state index in [0.29, 0.717) is 0 Å². The molecule has 1 heterocycles. The number of rotatable bonds is 4. The van der Waals surface area contributed by atoms with Crippen LogP contribution in [-0.2, 0) is 6.54 Å². The zero-order chi connectivity index (χ0) is 11.2. The number of nitrogens with one attached hydrogen (secondary N) is 1. The zero-order valence-electron chi connectivity index (χ0n) is 9.91. The van der Waals surface area contributed by atoms with E-state index in [1.54, 1.807) is 7.11 Å². The summed E-state index contributed by atoms with van der Waals surface area (Å²) in [6.07, 6.45) is 3.99. The minimum absolute atomic E-state index is 0.886. The summed E-state index contributed by atoms with van der Waals surface area (Å²) in [5.74, 6) is 0.929. The van der Waals surface area contributed by atoms with Crippen molar-refractivity contribution in [3.63, 3.8) is 0 Å². The molecule has 0 spiro atoms. The van der Waals surface area contributed by atoms with Crippen LogP contribution in [0.5, 0.6) is 5.75 Å². The SMILES string of the molecule is COc1cccc(CNN2CCCCC2)c1. The molecular weight excluding hydrogens is 200 g/mol. The second kappa shape index (κ2) is 5.87. The molecule has 88 valence electrons. The Kier molecular flexibility index (Phi) is 4.19. The summed E-state index contributed by atoms with van der Waals surface area (Å²) in [7, 11) is 1.71. The molecule has 1 aliphatic heterocycles. The molecule has 1 fully saturated rings.